The maximum absolute atomic E-state index is 11.8. The standard InChI is InChI=1S/C6H6F3N/c7-6(8,9)5-2-1-3-10-4-5/h3,5H,1-2H2. The van der Waals surface area contributed by atoms with Crippen LogP contribution in [0.2, 0.25) is 0 Å². The van der Waals surface area contributed by atoms with Crippen LogP contribution in [0.15, 0.2) is 4.99 Å². The number of aliphatic imine (C=N–C) groups is 1. The van der Waals surface area contributed by atoms with Gasteiger partial charge in [-0.3, -0.25) is 4.99 Å². The molecule has 1 atom stereocenters. The van der Waals surface area contributed by atoms with E-state index in [4.69, 9.17) is 0 Å². The molecule has 2 radical (unpaired) electrons. The Bertz CT molecular complexity index is 138. The molecule has 0 N–H and O–H groups in total. The number of hydrogen-bond acceptors (Lipinski definition) is 1. The van der Waals surface area contributed by atoms with Crippen molar-refractivity contribution in [3.63, 3.8) is 0 Å². The quantitative estimate of drug-likeness (QED) is 0.500. The van der Waals surface area contributed by atoms with Gasteiger partial charge in [-0.05, 0) is 19.1 Å². The predicted molar refractivity (Wildman–Crippen MR) is 30.5 cm³/mol. The van der Waals surface area contributed by atoms with E-state index < -0.39 is 12.1 Å². The molecule has 0 fully saturated rings. The van der Waals surface area contributed by atoms with Gasteiger partial charge in [-0.2, -0.15) is 13.2 Å². The summed E-state index contributed by atoms with van der Waals surface area (Å²) in [5, 5.41) is 0. The average molecular weight is 149 g/mol. The van der Waals surface area contributed by atoms with Crippen molar-refractivity contribution in [2.45, 2.75) is 19.0 Å². The van der Waals surface area contributed by atoms with Gasteiger partial charge in [-0.15, -0.1) is 0 Å². The van der Waals surface area contributed by atoms with Crippen molar-refractivity contribution in [1.29, 1.82) is 0 Å². The van der Waals surface area contributed by atoms with Crippen LogP contribution in [0.1, 0.15) is 12.8 Å². The number of hydrogen-bond donors (Lipinski definition) is 0. The third-order valence-corrected chi connectivity index (χ3v) is 1.30. The fourth-order valence-electron chi connectivity index (χ4n) is 0.750. The first-order valence-electron chi connectivity index (χ1n) is 2.94. The Balaban J connectivity index is 2.49. The summed E-state index contributed by atoms with van der Waals surface area (Å²) < 4.78 is 35.4. The van der Waals surface area contributed by atoms with Gasteiger partial charge >= 0.3 is 6.18 Å². The number of nitrogens with zero attached hydrogens (tertiary/aromatic N) is 1. The molecule has 4 heteroatoms. The minimum Gasteiger partial charge on any atom is -0.285 e. The highest BCUT2D eigenvalue weighted by atomic mass is 19.4. The molecule has 0 bridgehead atoms. The molecule has 1 aliphatic heterocycles. The van der Waals surface area contributed by atoms with E-state index in [9.17, 15) is 13.2 Å². The molecule has 1 nitrogen and oxygen atoms in total. The summed E-state index contributed by atoms with van der Waals surface area (Å²) in [6, 6.07) is 0. The summed E-state index contributed by atoms with van der Waals surface area (Å²) in [7, 11) is 0. The molecule has 10 heavy (non-hydrogen) atoms. The minimum absolute atomic E-state index is 0.0903. The Morgan fingerprint density at radius 1 is 1.50 bits per heavy atom. The summed E-state index contributed by atoms with van der Waals surface area (Å²) in [6.45, 7) is 2.00. The highest BCUT2D eigenvalue weighted by molar-refractivity contribution is 5.58. The monoisotopic (exact) mass is 149 g/mol. The fourth-order valence-corrected chi connectivity index (χ4v) is 0.750. The third kappa shape index (κ3) is 1.72. The third-order valence-electron chi connectivity index (χ3n) is 1.30. The van der Waals surface area contributed by atoms with Gasteiger partial charge in [-0.1, -0.05) is 0 Å². The van der Waals surface area contributed by atoms with Crippen molar-refractivity contribution in [3.8, 4) is 0 Å². The van der Waals surface area contributed by atoms with E-state index in [1.165, 1.54) is 6.21 Å². The summed E-state index contributed by atoms with van der Waals surface area (Å²) >= 11 is 0. The molecule has 1 unspecified atom stereocenters. The Kier molecular flexibility index (Phi) is 1.97. The van der Waals surface area contributed by atoms with Crippen LogP contribution in [0, 0.1) is 12.5 Å². The number of rotatable bonds is 0. The molecule has 1 aliphatic rings. The lowest BCUT2D eigenvalue weighted by Crippen LogP contribution is -2.24. The maximum Gasteiger partial charge on any atom is 0.394 e. The first-order chi connectivity index (χ1) is 4.61. The average Bonchev–Trinajstić information content (AvgIpc) is 1.88. The smallest absolute Gasteiger partial charge is 0.285 e. The zero-order chi connectivity index (χ0) is 7.61. The van der Waals surface area contributed by atoms with Gasteiger partial charge in [0.05, 0.1) is 5.92 Å². The van der Waals surface area contributed by atoms with E-state index >= 15 is 0 Å². The molecule has 0 saturated heterocycles. The van der Waals surface area contributed by atoms with Crippen molar-refractivity contribution in [3.05, 3.63) is 6.54 Å². The summed E-state index contributed by atoms with van der Waals surface area (Å²) in [4.78, 5) is 3.33. The zero-order valence-electron chi connectivity index (χ0n) is 5.15. The molecule has 0 saturated carbocycles. The normalized spacial score (nSPS) is 26.9. The van der Waals surface area contributed by atoms with E-state index in [-0.39, 0.29) is 6.42 Å². The first kappa shape index (κ1) is 7.57. The van der Waals surface area contributed by atoms with Crippen LogP contribution in [-0.4, -0.2) is 12.4 Å². The predicted octanol–water partition coefficient (Wildman–Crippen LogP) is 2.07. The highest BCUT2D eigenvalue weighted by Crippen LogP contribution is 2.33. The van der Waals surface area contributed by atoms with Crippen LogP contribution in [0.5, 0.6) is 0 Å². The van der Waals surface area contributed by atoms with Gasteiger partial charge < -0.3 is 0 Å². The molecule has 0 amide bonds. The lowest BCUT2D eigenvalue weighted by Gasteiger charge is -2.18. The summed E-state index contributed by atoms with van der Waals surface area (Å²) in [5.41, 5.74) is 0. The molecule has 0 aliphatic carbocycles. The van der Waals surface area contributed by atoms with E-state index in [1.807, 2.05) is 6.54 Å². The van der Waals surface area contributed by atoms with E-state index in [0.29, 0.717) is 6.42 Å². The second-order valence-electron chi connectivity index (χ2n) is 2.11. The van der Waals surface area contributed by atoms with Crippen molar-refractivity contribution < 1.29 is 13.2 Å². The SMILES string of the molecule is FC(F)(F)C1[C]N=CCC1. The van der Waals surface area contributed by atoms with Crippen LogP contribution in [0.3, 0.4) is 0 Å². The zero-order valence-corrected chi connectivity index (χ0v) is 5.15. The van der Waals surface area contributed by atoms with Crippen LogP contribution in [0.4, 0.5) is 13.2 Å². The van der Waals surface area contributed by atoms with E-state index in [0.717, 1.165) is 0 Å². The van der Waals surface area contributed by atoms with Crippen LogP contribution in [0.25, 0.3) is 0 Å². The van der Waals surface area contributed by atoms with Crippen molar-refractivity contribution in [2.75, 3.05) is 0 Å². The topological polar surface area (TPSA) is 12.4 Å². The molecular formula is C6H6F3N. The van der Waals surface area contributed by atoms with Crippen molar-refractivity contribution >= 4 is 6.21 Å². The largest absolute Gasteiger partial charge is 0.394 e. The Hall–Kier alpha value is -0.540. The molecule has 56 valence electrons. The van der Waals surface area contributed by atoms with Crippen LogP contribution < -0.4 is 0 Å². The fraction of sp³-hybridized carbons (Fsp3) is 0.667. The van der Waals surface area contributed by atoms with Crippen molar-refractivity contribution in [1.82, 2.24) is 0 Å². The molecular weight excluding hydrogens is 143 g/mol. The Morgan fingerprint density at radius 3 is 2.50 bits per heavy atom. The number of halogens is 3. The summed E-state index contributed by atoms with van der Waals surface area (Å²) in [5.74, 6) is -1.45. The maximum atomic E-state index is 11.8. The van der Waals surface area contributed by atoms with E-state index in [1.54, 1.807) is 0 Å². The second-order valence-corrected chi connectivity index (χ2v) is 2.11. The number of alkyl halides is 3. The Labute approximate surface area is 57.0 Å². The van der Waals surface area contributed by atoms with Gasteiger partial charge in [-0.25, -0.2) is 0 Å². The van der Waals surface area contributed by atoms with Gasteiger partial charge in [0, 0.05) is 0 Å². The molecule has 1 heterocycles. The molecule has 0 aromatic rings. The summed E-state index contributed by atoms with van der Waals surface area (Å²) in [6.07, 6.45) is -2.22. The lowest BCUT2D eigenvalue weighted by atomic mass is 10.0. The highest BCUT2D eigenvalue weighted by Gasteiger charge is 2.40. The molecule has 0 aromatic heterocycles. The van der Waals surface area contributed by atoms with Gasteiger partial charge in [0.2, 0.25) is 0 Å². The second kappa shape index (κ2) is 2.60. The van der Waals surface area contributed by atoms with Crippen LogP contribution in [-0.2, 0) is 0 Å². The van der Waals surface area contributed by atoms with Crippen LogP contribution >= 0.6 is 0 Å². The van der Waals surface area contributed by atoms with Crippen molar-refractivity contribution in [2.24, 2.45) is 10.9 Å². The molecule has 1 rings (SSSR count). The lowest BCUT2D eigenvalue weighted by molar-refractivity contribution is -0.167. The minimum atomic E-state index is -4.16. The molecule has 0 aromatic carbocycles. The van der Waals surface area contributed by atoms with Gasteiger partial charge in [0.25, 0.3) is 0 Å². The first-order valence-corrected chi connectivity index (χ1v) is 2.94. The van der Waals surface area contributed by atoms with Gasteiger partial charge in [0.15, 0.2) is 0 Å². The molecule has 0 spiro atoms. The van der Waals surface area contributed by atoms with E-state index in [2.05, 4.69) is 4.99 Å². The van der Waals surface area contributed by atoms with Gasteiger partial charge in [0.1, 0.15) is 6.54 Å². The Morgan fingerprint density at radius 2 is 2.20 bits per heavy atom.